The summed E-state index contributed by atoms with van der Waals surface area (Å²) in [5.41, 5.74) is 2.71. The molecule has 0 radical (unpaired) electrons. The van der Waals surface area contributed by atoms with Gasteiger partial charge in [0.15, 0.2) is 5.82 Å². The third-order valence-corrected chi connectivity index (χ3v) is 3.98. The van der Waals surface area contributed by atoms with Crippen LogP contribution in [0.1, 0.15) is 31.5 Å². The number of rotatable bonds is 5. The van der Waals surface area contributed by atoms with E-state index in [1.807, 2.05) is 6.92 Å². The van der Waals surface area contributed by atoms with Crippen molar-refractivity contribution in [2.45, 2.75) is 33.6 Å². The van der Waals surface area contributed by atoms with Gasteiger partial charge >= 0.3 is 0 Å². The number of benzene rings is 1. The van der Waals surface area contributed by atoms with Crippen molar-refractivity contribution in [1.82, 2.24) is 9.97 Å². The van der Waals surface area contributed by atoms with E-state index in [-0.39, 0.29) is 5.82 Å². The molecule has 0 bridgehead atoms. The lowest BCUT2D eigenvalue weighted by Crippen LogP contribution is -2.09. The molecule has 0 aliphatic rings. The smallest absolute Gasteiger partial charge is 0.163 e. The molecule has 3 nitrogen and oxygen atoms in total. The summed E-state index contributed by atoms with van der Waals surface area (Å²) in [6, 6.07) is 4.55. The van der Waals surface area contributed by atoms with E-state index in [4.69, 9.17) is 0 Å². The summed E-state index contributed by atoms with van der Waals surface area (Å²) < 4.78 is 14.3. The van der Waals surface area contributed by atoms with Crippen LogP contribution in [0.25, 0.3) is 11.4 Å². The number of anilines is 1. The summed E-state index contributed by atoms with van der Waals surface area (Å²) in [5.74, 6) is 1.08. The molecule has 1 aromatic carbocycles. The van der Waals surface area contributed by atoms with Gasteiger partial charge in [0.2, 0.25) is 0 Å². The van der Waals surface area contributed by atoms with E-state index in [9.17, 15) is 4.39 Å². The maximum Gasteiger partial charge on any atom is 0.163 e. The Kier molecular flexibility index (Phi) is 5.28. The van der Waals surface area contributed by atoms with Gasteiger partial charge in [-0.2, -0.15) is 0 Å². The van der Waals surface area contributed by atoms with E-state index in [2.05, 4.69) is 45.1 Å². The minimum Gasteiger partial charge on any atom is -0.370 e. The van der Waals surface area contributed by atoms with Crippen LogP contribution in [0.3, 0.4) is 0 Å². The normalized spacial score (nSPS) is 10.7. The van der Waals surface area contributed by atoms with E-state index in [1.54, 1.807) is 6.07 Å². The Morgan fingerprint density at radius 2 is 2.00 bits per heavy atom. The average Bonchev–Trinajstić information content (AvgIpc) is 2.48. The molecule has 2 aromatic rings. The average molecular weight is 352 g/mol. The molecule has 0 saturated carbocycles. The Morgan fingerprint density at radius 3 is 2.67 bits per heavy atom. The zero-order chi connectivity index (χ0) is 15.4. The quantitative estimate of drug-likeness (QED) is 0.845. The standard InChI is InChI=1S/C16H19BrFN3/c1-4-8-19-15-10(3)14(5-2)20-16(21-15)12-9-11(18)6-7-13(12)17/h6-7,9H,4-5,8H2,1-3H3,(H,19,20,21). The molecule has 1 heterocycles. The predicted octanol–water partition coefficient (Wildman–Crippen LogP) is 4.74. The molecule has 0 saturated heterocycles. The van der Waals surface area contributed by atoms with Gasteiger partial charge in [-0.05, 0) is 38.0 Å². The second kappa shape index (κ2) is 6.98. The zero-order valence-electron chi connectivity index (χ0n) is 12.5. The molecule has 1 N–H and O–H groups in total. The molecule has 0 aliphatic carbocycles. The largest absolute Gasteiger partial charge is 0.370 e. The lowest BCUT2D eigenvalue weighted by molar-refractivity contribution is 0.628. The van der Waals surface area contributed by atoms with Crippen LogP contribution in [-0.2, 0) is 6.42 Å². The van der Waals surface area contributed by atoms with Gasteiger partial charge < -0.3 is 5.32 Å². The Morgan fingerprint density at radius 1 is 1.24 bits per heavy atom. The number of aromatic nitrogens is 2. The first-order valence-electron chi connectivity index (χ1n) is 7.13. The van der Waals surface area contributed by atoms with E-state index in [1.165, 1.54) is 12.1 Å². The number of nitrogens with one attached hydrogen (secondary N) is 1. The minimum atomic E-state index is -0.293. The second-order valence-corrected chi connectivity index (χ2v) is 5.73. The fourth-order valence-electron chi connectivity index (χ4n) is 2.11. The second-order valence-electron chi connectivity index (χ2n) is 4.87. The number of nitrogens with zero attached hydrogens (tertiary/aromatic N) is 2. The van der Waals surface area contributed by atoms with Crippen LogP contribution in [-0.4, -0.2) is 16.5 Å². The number of hydrogen-bond donors (Lipinski definition) is 1. The summed E-state index contributed by atoms with van der Waals surface area (Å²) in [6.07, 6.45) is 1.83. The third kappa shape index (κ3) is 3.59. The van der Waals surface area contributed by atoms with Gasteiger partial charge in [-0.25, -0.2) is 14.4 Å². The Bertz CT molecular complexity index is 644. The van der Waals surface area contributed by atoms with Crippen LogP contribution >= 0.6 is 15.9 Å². The summed E-state index contributed by atoms with van der Waals surface area (Å²) in [4.78, 5) is 9.16. The first-order chi connectivity index (χ1) is 10.1. The highest BCUT2D eigenvalue weighted by atomic mass is 79.9. The molecule has 0 atom stereocenters. The lowest BCUT2D eigenvalue weighted by atomic mass is 10.1. The van der Waals surface area contributed by atoms with Crippen LogP contribution < -0.4 is 5.32 Å². The lowest BCUT2D eigenvalue weighted by Gasteiger charge is -2.13. The van der Waals surface area contributed by atoms with Gasteiger partial charge in [-0.15, -0.1) is 0 Å². The first kappa shape index (κ1) is 15.9. The van der Waals surface area contributed by atoms with Crippen molar-refractivity contribution in [3.63, 3.8) is 0 Å². The van der Waals surface area contributed by atoms with Gasteiger partial charge in [0.05, 0.1) is 0 Å². The SMILES string of the molecule is CCCNc1nc(-c2cc(F)ccc2Br)nc(CC)c1C. The fraction of sp³-hybridized carbons (Fsp3) is 0.375. The van der Waals surface area contributed by atoms with Crippen molar-refractivity contribution in [3.8, 4) is 11.4 Å². The van der Waals surface area contributed by atoms with Crippen molar-refractivity contribution in [3.05, 3.63) is 39.7 Å². The summed E-state index contributed by atoms with van der Waals surface area (Å²) >= 11 is 3.44. The molecule has 112 valence electrons. The van der Waals surface area contributed by atoms with Crippen LogP contribution in [0.4, 0.5) is 10.2 Å². The molecular weight excluding hydrogens is 333 g/mol. The molecule has 2 rings (SSSR count). The molecular formula is C16H19BrFN3. The van der Waals surface area contributed by atoms with Gasteiger partial charge in [-0.3, -0.25) is 0 Å². The highest BCUT2D eigenvalue weighted by Crippen LogP contribution is 2.29. The molecule has 1 aromatic heterocycles. The Hall–Kier alpha value is -1.49. The van der Waals surface area contributed by atoms with Crippen LogP contribution in [0, 0.1) is 12.7 Å². The predicted molar refractivity (Wildman–Crippen MR) is 88.0 cm³/mol. The summed E-state index contributed by atoms with van der Waals surface area (Å²) in [6.45, 7) is 7.03. The van der Waals surface area contributed by atoms with E-state index >= 15 is 0 Å². The summed E-state index contributed by atoms with van der Waals surface area (Å²) in [5, 5.41) is 3.32. The van der Waals surface area contributed by atoms with E-state index in [0.717, 1.165) is 40.9 Å². The van der Waals surface area contributed by atoms with Crippen LogP contribution in [0.2, 0.25) is 0 Å². The highest BCUT2D eigenvalue weighted by molar-refractivity contribution is 9.10. The van der Waals surface area contributed by atoms with Gasteiger partial charge in [-0.1, -0.05) is 29.8 Å². The number of hydrogen-bond acceptors (Lipinski definition) is 3. The van der Waals surface area contributed by atoms with Crippen molar-refractivity contribution >= 4 is 21.7 Å². The molecule has 21 heavy (non-hydrogen) atoms. The molecule has 0 unspecified atom stereocenters. The minimum absolute atomic E-state index is 0.293. The van der Waals surface area contributed by atoms with Crippen LogP contribution in [0.15, 0.2) is 22.7 Å². The monoisotopic (exact) mass is 351 g/mol. The van der Waals surface area contributed by atoms with Crippen molar-refractivity contribution in [2.24, 2.45) is 0 Å². The number of aryl methyl sites for hydroxylation is 1. The van der Waals surface area contributed by atoms with Crippen molar-refractivity contribution < 1.29 is 4.39 Å². The molecule has 0 aliphatic heterocycles. The molecule has 0 spiro atoms. The van der Waals surface area contributed by atoms with E-state index < -0.39 is 0 Å². The zero-order valence-corrected chi connectivity index (χ0v) is 14.1. The fourth-order valence-corrected chi connectivity index (χ4v) is 2.54. The molecule has 0 amide bonds. The van der Waals surface area contributed by atoms with Gasteiger partial charge in [0.25, 0.3) is 0 Å². The third-order valence-electron chi connectivity index (χ3n) is 3.29. The van der Waals surface area contributed by atoms with Crippen molar-refractivity contribution in [2.75, 3.05) is 11.9 Å². The van der Waals surface area contributed by atoms with Crippen molar-refractivity contribution in [1.29, 1.82) is 0 Å². The topological polar surface area (TPSA) is 37.8 Å². The maximum absolute atomic E-state index is 13.5. The molecule has 5 heteroatoms. The molecule has 0 fully saturated rings. The highest BCUT2D eigenvalue weighted by Gasteiger charge is 2.13. The number of halogens is 2. The van der Waals surface area contributed by atoms with Gasteiger partial charge in [0.1, 0.15) is 11.6 Å². The Balaban J connectivity index is 2.55. The van der Waals surface area contributed by atoms with E-state index in [0.29, 0.717) is 11.4 Å². The summed E-state index contributed by atoms with van der Waals surface area (Å²) in [7, 11) is 0. The van der Waals surface area contributed by atoms with Gasteiger partial charge in [0, 0.05) is 27.8 Å². The van der Waals surface area contributed by atoms with Crippen LogP contribution in [0.5, 0.6) is 0 Å². The maximum atomic E-state index is 13.5. The first-order valence-corrected chi connectivity index (χ1v) is 7.92. The Labute approximate surface area is 133 Å².